The molecule has 0 spiro atoms. The number of terminal acetylenes is 1. The lowest BCUT2D eigenvalue weighted by Crippen LogP contribution is -2.50. The van der Waals surface area contributed by atoms with Gasteiger partial charge >= 0.3 is 6.09 Å². The molecule has 0 radical (unpaired) electrons. The molecule has 0 aliphatic carbocycles. The van der Waals surface area contributed by atoms with E-state index in [4.69, 9.17) is 11.2 Å². The first-order chi connectivity index (χ1) is 8.26. The van der Waals surface area contributed by atoms with Crippen LogP contribution in [0.25, 0.3) is 0 Å². The van der Waals surface area contributed by atoms with Crippen molar-refractivity contribution in [3.63, 3.8) is 0 Å². The van der Waals surface area contributed by atoms with E-state index in [2.05, 4.69) is 5.92 Å². The van der Waals surface area contributed by atoms with Crippen LogP contribution in [0.2, 0.25) is 0 Å². The highest BCUT2D eigenvalue weighted by Crippen LogP contribution is 2.25. The molecule has 1 rings (SSSR count). The highest BCUT2D eigenvalue weighted by Gasteiger charge is 2.36. The molecule has 0 aromatic rings. The maximum absolute atomic E-state index is 12.0. The first-order valence-electron chi connectivity index (χ1n) is 6.26. The highest BCUT2D eigenvalue weighted by atomic mass is 16.6. The fourth-order valence-corrected chi connectivity index (χ4v) is 2.18. The molecule has 0 saturated carbocycles. The number of ether oxygens (including phenoxy) is 1. The summed E-state index contributed by atoms with van der Waals surface area (Å²) in [5.74, 6) is 1.66. The third kappa shape index (κ3) is 3.49. The monoisotopic (exact) mass is 251 g/mol. The van der Waals surface area contributed by atoms with E-state index < -0.39 is 5.60 Å². The molecule has 0 N–H and O–H groups in total. The second-order valence-electron chi connectivity index (χ2n) is 5.67. The highest BCUT2D eigenvalue weighted by molar-refractivity contribution is 5.97. The summed E-state index contributed by atoms with van der Waals surface area (Å²) in [6.07, 6.45) is 6.30. The van der Waals surface area contributed by atoms with Crippen LogP contribution in [0.1, 0.15) is 40.5 Å². The Balaban J connectivity index is 2.75. The van der Waals surface area contributed by atoms with E-state index in [1.165, 1.54) is 0 Å². The average molecular weight is 251 g/mol. The van der Waals surface area contributed by atoms with E-state index in [1.54, 1.807) is 4.90 Å². The van der Waals surface area contributed by atoms with Crippen LogP contribution in [-0.2, 0) is 9.53 Å². The molecule has 1 aliphatic rings. The van der Waals surface area contributed by atoms with Gasteiger partial charge in [0.25, 0.3) is 0 Å². The van der Waals surface area contributed by atoms with Crippen LogP contribution < -0.4 is 0 Å². The number of carbonyl (C=O) groups excluding carboxylic acids is 2. The average Bonchev–Trinajstić information content (AvgIpc) is 2.26. The van der Waals surface area contributed by atoms with Crippen molar-refractivity contribution in [3.8, 4) is 12.3 Å². The summed E-state index contributed by atoms with van der Waals surface area (Å²) in [6.45, 7) is 7.93. The van der Waals surface area contributed by atoms with E-state index in [-0.39, 0.29) is 23.8 Å². The molecule has 2 atom stereocenters. The summed E-state index contributed by atoms with van der Waals surface area (Å²) in [5, 5.41) is 0. The number of rotatable bonds is 1. The van der Waals surface area contributed by atoms with Crippen LogP contribution in [0.3, 0.4) is 0 Å². The molecule has 100 valence electrons. The van der Waals surface area contributed by atoms with Crippen LogP contribution in [0.4, 0.5) is 4.79 Å². The molecule has 1 heterocycles. The van der Waals surface area contributed by atoms with Crippen molar-refractivity contribution in [1.82, 2.24) is 4.90 Å². The molecule has 4 heteroatoms. The van der Waals surface area contributed by atoms with Crippen LogP contribution in [0.5, 0.6) is 0 Å². The number of amides is 1. The van der Waals surface area contributed by atoms with Crippen molar-refractivity contribution in [2.75, 3.05) is 6.54 Å². The minimum atomic E-state index is -0.528. The second kappa shape index (κ2) is 5.43. The molecule has 18 heavy (non-hydrogen) atoms. The van der Waals surface area contributed by atoms with Gasteiger partial charge in [-0.2, -0.15) is 0 Å². The number of ketones is 1. The van der Waals surface area contributed by atoms with Crippen molar-refractivity contribution in [2.24, 2.45) is 5.92 Å². The van der Waals surface area contributed by atoms with Crippen molar-refractivity contribution >= 4 is 11.9 Å². The number of piperidine rings is 1. The van der Waals surface area contributed by atoms with Crippen molar-refractivity contribution < 1.29 is 14.3 Å². The Morgan fingerprint density at radius 3 is 2.50 bits per heavy atom. The zero-order valence-electron chi connectivity index (χ0n) is 11.5. The number of likely N-dealkylation sites (tertiary alicyclic amines) is 1. The maximum Gasteiger partial charge on any atom is 0.410 e. The van der Waals surface area contributed by atoms with Crippen LogP contribution in [-0.4, -0.2) is 35.0 Å². The van der Waals surface area contributed by atoms with E-state index >= 15 is 0 Å². The van der Waals surface area contributed by atoms with Gasteiger partial charge in [-0.3, -0.25) is 4.79 Å². The quantitative estimate of drug-likeness (QED) is 0.530. The van der Waals surface area contributed by atoms with E-state index in [1.807, 2.05) is 27.7 Å². The summed E-state index contributed by atoms with van der Waals surface area (Å²) in [7, 11) is 0. The normalized spacial score (nSPS) is 24.3. The van der Waals surface area contributed by atoms with Gasteiger partial charge in [0, 0.05) is 12.6 Å². The Bertz CT molecular complexity index is 375. The maximum atomic E-state index is 12.0. The zero-order chi connectivity index (χ0) is 13.9. The first-order valence-corrected chi connectivity index (χ1v) is 6.26. The molecule has 1 fully saturated rings. The molecule has 2 unspecified atom stereocenters. The van der Waals surface area contributed by atoms with Gasteiger partial charge in [-0.25, -0.2) is 4.79 Å². The Morgan fingerprint density at radius 2 is 2.00 bits per heavy atom. The van der Waals surface area contributed by atoms with Gasteiger partial charge < -0.3 is 9.64 Å². The third-order valence-corrected chi connectivity index (χ3v) is 3.10. The van der Waals surface area contributed by atoms with Crippen LogP contribution in [0, 0.1) is 18.3 Å². The van der Waals surface area contributed by atoms with E-state index in [0.717, 1.165) is 12.8 Å². The van der Waals surface area contributed by atoms with E-state index in [0.29, 0.717) is 6.54 Å². The first kappa shape index (κ1) is 14.6. The minimum absolute atomic E-state index is 0.197. The Kier molecular flexibility index (Phi) is 4.39. The molecule has 1 aliphatic heterocycles. The van der Waals surface area contributed by atoms with Crippen LogP contribution in [0.15, 0.2) is 0 Å². The van der Waals surface area contributed by atoms with Gasteiger partial charge in [-0.15, -0.1) is 6.42 Å². The van der Waals surface area contributed by atoms with Gasteiger partial charge in [0.15, 0.2) is 0 Å². The number of carbonyl (C=O) groups is 2. The molecule has 1 amide bonds. The third-order valence-electron chi connectivity index (χ3n) is 3.10. The predicted molar refractivity (Wildman–Crippen MR) is 69.0 cm³/mol. The summed E-state index contributed by atoms with van der Waals surface area (Å²) in [4.78, 5) is 25.2. The van der Waals surface area contributed by atoms with Gasteiger partial charge in [-0.05, 0) is 46.5 Å². The Morgan fingerprint density at radius 1 is 1.39 bits per heavy atom. The summed E-state index contributed by atoms with van der Waals surface area (Å²) in [6, 6.07) is -0.197. The molecule has 0 aromatic heterocycles. The largest absolute Gasteiger partial charge is 0.444 e. The topological polar surface area (TPSA) is 46.6 Å². The Labute approximate surface area is 109 Å². The second-order valence-corrected chi connectivity index (χ2v) is 5.67. The van der Waals surface area contributed by atoms with Crippen molar-refractivity contribution in [1.29, 1.82) is 0 Å². The smallest absolute Gasteiger partial charge is 0.410 e. The van der Waals surface area contributed by atoms with Gasteiger partial charge in [0.05, 0.1) is 5.92 Å². The number of Topliss-reactive ketones (excluding diaryl/α,β-unsaturated/α-hetero) is 1. The van der Waals surface area contributed by atoms with Gasteiger partial charge in [0.2, 0.25) is 5.78 Å². The molecule has 4 nitrogen and oxygen atoms in total. The van der Waals surface area contributed by atoms with Crippen molar-refractivity contribution in [2.45, 2.75) is 52.2 Å². The fraction of sp³-hybridized carbons (Fsp3) is 0.714. The van der Waals surface area contributed by atoms with E-state index in [9.17, 15) is 9.59 Å². The lowest BCUT2D eigenvalue weighted by Gasteiger charge is -2.38. The summed E-state index contributed by atoms with van der Waals surface area (Å²) >= 11 is 0. The van der Waals surface area contributed by atoms with Crippen LogP contribution >= 0.6 is 0 Å². The fourth-order valence-electron chi connectivity index (χ4n) is 2.18. The molecular weight excluding hydrogens is 230 g/mol. The predicted octanol–water partition coefficient (Wildman–Crippen LogP) is 2.22. The number of nitrogens with zero attached hydrogens (tertiary/aromatic N) is 1. The number of hydrogen-bond donors (Lipinski definition) is 0. The molecule has 1 saturated heterocycles. The standard InChI is InChI=1S/C14H21NO3/c1-6-12(16)11-8-7-9-15(10(11)2)13(17)18-14(3,4)5/h1,10-11H,7-9H2,2-5H3. The zero-order valence-corrected chi connectivity index (χ0v) is 11.5. The SMILES string of the molecule is C#CC(=O)C1CCCN(C(=O)OC(C)(C)C)C1C. The Hall–Kier alpha value is -1.50. The number of hydrogen-bond acceptors (Lipinski definition) is 3. The van der Waals surface area contributed by atoms with Crippen molar-refractivity contribution in [3.05, 3.63) is 0 Å². The van der Waals surface area contributed by atoms with Gasteiger partial charge in [-0.1, -0.05) is 0 Å². The molecule has 0 bridgehead atoms. The summed E-state index contributed by atoms with van der Waals surface area (Å²) < 4.78 is 5.33. The van der Waals surface area contributed by atoms with Gasteiger partial charge in [0.1, 0.15) is 5.60 Å². The summed E-state index contributed by atoms with van der Waals surface area (Å²) in [5.41, 5.74) is -0.528. The molecule has 0 aromatic carbocycles. The molecular formula is C14H21NO3. The minimum Gasteiger partial charge on any atom is -0.444 e. The lowest BCUT2D eigenvalue weighted by atomic mass is 9.87. The lowest BCUT2D eigenvalue weighted by molar-refractivity contribution is -0.120.